The highest BCUT2D eigenvalue weighted by molar-refractivity contribution is 6.30. The van der Waals surface area contributed by atoms with Gasteiger partial charge in [-0.1, -0.05) is 44.5 Å². The summed E-state index contributed by atoms with van der Waals surface area (Å²) in [6.45, 7) is 10.1. The number of hydrogen-bond acceptors (Lipinski definition) is 4. The maximum atomic E-state index is 12.9. The molecular weight excluding hydrogens is 452 g/mol. The minimum absolute atomic E-state index is 0.0941. The van der Waals surface area contributed by atoms with E-state index in [-0.39, 0.29) is 30.4 Å². The molecule has 3 aromatic rings. The van der Waals surface area contributed by atoms with Gasteiger partial charge < -0.3 is 15.0 Å². The Kier molecular flexibility index (Phi) is 7.99. The Morgan fingerprint density at radius 1 is 1.12 bits per heavy atom. The fourth-order valence-corrected chi connectivity index (χ4v) is 3.42. The van der Waals surface area contributed by atoms with E-state index in [4.69, 9.17) is 21.4 Å². The first-order valence-electron chi connectivity index (χ1n) is 11.2. The zero-order valence-electron chi connectivity index (χ0n) is 20.3. The van der Waals surface area contributed by atoms with Gasteiger partial charge in [0, 0.05) is 23.0 Å². The number of likely N-dealkylation sites (N-methyl/N-ethyl adjacent to an activating group) is 1. The summed E-state index contributed by atoms with van der Waals surface area (Å²) in [7, 11) is 0. The molecule has 0 radical (unpaired) electrons. The van der Waals surface area contributed by atoms with Crippen LogP contribution in [0.15, 0.2) is 54.6 Å². The van der Waals surface area contributed by atoms with Gasteiger partial charge in [0.2, 0.25) is 5.91 Å². The molecule has 180 valence electrons. The van der Waals surface area contributed by atoms with Gasteiger partial charge in [-0.2, -0.15) is 5.10 Å². The van der Waals surface area contributed by atoms with E-state index in [0.29, 0.717) is 23.1 Å². The van der Waals surface area contributed by atoms with Crippen molar-refractivity contribution in [3.05, 3.63) is 70.9 Å². The van der Waals surface area contributed by atoms with Crippen LogP contribution < -0.4 is 10.1 Å². The van der Waals surface area contributed by atoms with Crippen molar-refractivity contribution in [3.8, 4) is 11.4 Å². The number of amides is 2. The Bertz CT molecular complexity index is 1150. The maximum Gasteiger partial charge on any atom is 0.260 e. The number of ether oxygens (including phenoxy) is 1. The SMILES string of the molecule is CCN(CC(=O)Nc1cc(C(C)(C)C)nn1-c1cccc(C)c1)C(=O)COc1ccc(Cl)cc1. The Morgan fingerprint density at radius 3 is 2.44 bits per heavy atom. The van der Waals surface area contributed by atoms with Gasteiger partial charge in [0.15, 0.2) is 6.61 Å². The molecule has 0 aliphatic heterocycles. The molecule has 8 heteroatoms. The van der Waals surface area contributed by atoms with Crippen molar-refractivity contribution < 1.29 is 14.3 Å². The predicted molar refractivity (Wildman–Crippen MR) is 135 cm³/mol. The van der Waals surface area contributed by atoms with Gasteiger partial charge in [0.25, 0.3) is 5.91 Å². The number of carbonyl (C=O) groups is 2. The lowest BCUT2D eigenvalue weighted by molar-refractivity contribution is -0.136. The molecule has 0 unspecified atom stereocenters. The summed E-state index contributed by atoms with van der Waals surface area (Å²) in [5, 5.41) is 8.26. The lowest BCUT2D eigenvalue weighted by Gasteiger charge is -2.20. The van der Waals surface area contributed by atoms with E-state index in [1.165, 1.54) is 4.90 Å². The van der Waals surface area contributed by atoms with Gasteiger partial charge in [-0.05, 0) is 55.8 Å². The number of hydrogen-bond donors (Lipinski definition) is 1. The molecule has 1 aromatic heterocycles. The van der Waals surface area contributed by atoms with Crippen LogP contribution in [0, 0.1) is 6.92 Å². The van der Waals surface area contributed by atoms with Crippen LogP contribution in [0.2, 0.25) is 5.02 Å². The number of aromatic nitrogens is 2. The van der Waals surface area contributed by atoms with Crippen LogP contribution >= 0.6 is 11.6 Å². The van der Waals surface area contributed by atoms with Crippen molar-refractivity contribution in [2.45, 2.75) is 40.0 Å². The normalized spacial score (nSPS) is 11.2. The molecule has 1 N–H and O–H groups in total. The van der Waals surface area contributed by atoms with Crippen LogP contribution in [-0.4, -0.2) is 46.2 Å². The number of benzene rings is 2. The Morgan fingerprint density at radius 2 is 1.82 bits per heavy atom. The number of anilines is 1. The monoisotopic (exact) mass is 482 g/mol. The second kappa shape index (κ2) is 10.7. The van der Waals surface area contributed by atoms with Crippen LogP contribution in [0.5, 0.6) is 5.75 Å². The van der Waals surface area contributed by atoms with Gasteiger partial charge >= 0.3 is 0 Å². The molecule has 2 amide bonds. The molecule has 0 atom stereocenters. The van der Waals surface area contributed by atoms with Gasteiger partial charge in [-0.25, -0.2) is 4.68 Å². The largest absolute Gasteiger partial charge is 0.484 e. The summed E-state index contributed by atoms with van der Waals surface area (Å²) < 4.78 is 7.27. The third kappa shape index (κ3) is 6.60. The fourth-order valence-electron chi connectivity index (χ4n) is 3.29. The lowest BCUT2D eigenvalue weighted by Crippen LogP contribution is -2.40. The first-order chi connectivity index (χ1) is 16.1. The Hall–Kier alpha value is -3.32. The maximum absolute atomic E-state index is 12.9. The van der Waals surface area contributed by atoms with E-state index >= 15 is 0 Å². The number of halogens is 1. The van der Waals surface area contributed by atoms with Gasteiger partial charge in [-0.3, -0.25) is 9.59 Å². The fraction of sp³-hybridized carbons (Fsp3) is 0.346. The smallest absolute Gasteiger partial charge is 0.260 e. The topological polar surface area (TPSA) is 76.5 Å². The number of nitrogens with one attached hydrogen (secondary N) is 1. The molecule has 0 bridgehead atoms. The van der Waals surface area contributed by atoms with Gasteiger partial charge in [-0.15, -0.1) is 0 Å². The van der Waals surface area contributed by atoms with Crippen molar-refractivity contribution in [2.24, 2.45) is 0 Å². The first kappa shape index (κ1) is 25.3. The molecule has 0 saturated carbocycles. The van der Waals surface area contributed by atoms with E-state index < -0.39 is 0 Å². The molecule has 34 heavy (non-hydrogen) atoms. The molecule has 2 aromatic carbocycles. The Balaban J connectivity index is 1.71. The summed E-state index contributed by atoms with van der Waals surface area (Å²) in [5.74, 6) is 0.502. The third-order valence-electron chi connectivity index (χ3n) is 5.24. The molecule has 0 fully saturated rings. The second-order valence-electron chi connectivity index (χ2n) is 9.11. The summed E-state index contributed by atoms with van der Waals surface area (Å²) in [6, 6.07) is 16.5. The molecule has 0 aliphatic rings. The predicted octanol–water partition coefficient (Wildman–Crippen LogP) is 5.00. The van der Waals surface area contributed by atoms with Crippen molar-refractivity contribution in [1.29, 1.82) is 0 Å². The standard InChI is InChI=1S/C26H31ClN4O3/c1-6-30(25(33)17-34-21-12-10-19(27)11-13-21)16-24(32)28-23-15-22(26(3,4)5)29-31(23)20-9-7-8-18(2)14-20/h7-15H,6,16-17H2,1-5H3,(H,28,32). The first-order valence-corrected chi connectivity index (χ1v) is 11.6. The number of carbonyl (C=O) groups excluding carboxylic acids is 2. The van der Waals surface area contributed by atoms with Gasteiger partial charge in [0.1, 0.15) is 11.6 Å². The summed E-state index contributed by atoms with van der Waals surface area (Å²) in [5.41, 5.74) is 2.60. The van der Waals surface area contributed by atoms with Crippen molar-refractivity contribution in [3.63, 3.8) is 0 Å². The number of aryl methyl sites for hydroxylation is 1. The van der Waals surface area contributed by atoms with Crippen LogP contribution in [0.4, 0.5) is 5.82 Å². The molecule has 0 aliphatic carbocycles. The summed E-state index contributed by atoms with van der Waals surface area (Å²) in [4.78, 5) is 27.0. The van der Waals surface area contributed by atoms with Crippen LogP contribution in [0.25, 0.3) is 5.69 Å². The minimum atomic E-state index is -0.309. The quantitative estimate of drug-likeness (QED) is 0.490. The molecule has 7 nitrogen and oxygen atoms in total. The lowest BCUT2D eigenvalue weighted by atomic mass is 9.92. The van der Waals surface area contributed by atoms with Crippen LogP contribution in [-0.2, 0) is 15.0 Å². The van der Waals surface area contributed by atoms with E-state index in [1.807, 2.05) is 44.2 Å². The highest BCUT2D eigenvalue weighted by atomic mass is 35.5. The van der Waals surface area contributed by atoms with E-state index in [2.05, 4.69) is 26.1 Å². The van der Waals surface area contributed by atoms with E-state index in [1.54, 1.807) is 28.9 Å². The highest BCUT2D eigenvalue weighted by Gasteiger charge is 2.23. The number of rotatable bonds is 8. The van der Waals surface area contributed by atoms with Crippen molar-refractivity contribution in [2.75, 3.05) is 25.0 Å². The average molecular weight is 483 g/mol. The second-order valence-corrected chi connectivity index (χ2v) is 9.55. The third-order valence-corrected chi connectivity index (χ3v) is 5.49. The van der Waals surface area contributed by atoms with E-state index in [9.17, 15) is 9.59 Å². The summed E-state index contributed by atoms with van der Waals surface area (Å²) in [6.07, 6.45) is 0. The van der Waals surface area contributed by atoms with Gasteiger partial charge in [0.05, 0.1) is 17.9 Å². The van der Waals surface area contributed by atoms with Crippen molar-refractivity contribution >= 4 is 29.2 Å². The molecule has 0 saturated heterocycles. The molecule has 0 spiro atoms. The zero-order valence-corrected chi connectivity index (χ0v) is 21.0. The highest BCUT2D eigenvalue weighted by Crippen LogP contribution is 2.26. The molecular formula is C26H31ClN4O3. The molecule has 1 heterocycles. The van der Waals surface area contributed by atoms with E-state index in [0.717, 1.165) is 16.9 Å². The summed E-state index contributed by atoms with van der Waals surface area (Å²) >= 11 is 5.87. The number of nitrogens with zero attached hydrogens (tertiary/aromatic N) is 3. The minimum Gasteiger partial charge on any atom is -0.484 e. The van der Waals surface area contributed by atoms with Crippen LogP contribution in [0.3, 0.4) is 0 Å². The Labute approximate surface area is 205 Å². The zero-order chi connectivity index (χ0) is 24.9. The molecule has 3 rings (SSSR count). The average Bonchev–Trinajstić information content (AvgIpc) is 3.21. The van der Waals surface area contributed by atoms with Crippen LogP contribution in [0.1, 0.15) is 39.0 Å². The van der Waals surface area contributed by atoms with Crippen molar-refractivity contribution in [1.82, 2.24) is 14.7 Å².